The van der Waals surface area contributed by atoms with Crippen molar-refractivity contribution < 1.29 is 22.8 Å². The van der Waals surface area contributed by atoms with Gasteiger partial charge in [-0.1, -0.05) is 6.07 Å². The summed E-state index contributed by atoms with van der Waals surface area (Å²) >= 11 is 0. The normalized spacial score (nSPS) is 21.9. The van der Waals surface area contributed by atoms with Gasteiger partial charge in [-0.15, -0.1) is 0 Å². The first-order valence-corrected chi connectivity index (χ1v) is 11.6. The zero-order chi connectivity index (χ0) is 24.3. The van der Waals surface area contributed by atoms with Gasteiger partial charge < -0.3 is 14.5 Å². The molecule has 34 heavy (non-hydrogen) atoms. The summed E-state index contributed by atoms with van der Waals surface area (Å²) in [4.78, 5) is 19.0. The molecule has 2 aromatic rings. The molecule has 2 aliphatic rings. The second-order valence-electron chi connectivity index (χ2n) is 9.21. The summed E-state index contributed by atoms with van der Waals surface area (Å²) in [5, 5.41) is 11.0. The van der Waals surface area contributed by atoms with E-state index in [-0.39, 0.29) is 12.0 Å². The van der Waals surface area contributed by atoms with Gasteiger partial charge in [0.1, 0.15) is 11.7 Å². The molecule has 184 valence electrons. The summed E-state index contributed by atoms with van der Waals surface area (Å²) in [7, 11) is 2.12. The van der Waals surface area contributed by atoms with Crippen molar-refractivity contribution >= 4 is 11.4 Å². The largest absolute Gasteiger partial charge is 0.474 e. The minimum absolute atomic E-state index is 0.0223. The predicted molar refractivity (Wildman–Crippen MR) is 122 cm³/mol. The summed E-state index contributed by atoms with van der Waals surface area (Å²) < 4.78 is 45.9. The van der Waals surface area contributed by atoms with Crippen LogP contribution in [0.15, 0.2) is 36.5 Å². The van der Waals surface area contributed by atoms with Crippen molar-refractivity contribution in [2.75, 3.05) is 38.1 Å². The molecular weight excluding hydrogens is 449 g/mol. The molecule has 1 aliphatic carbocycles. The third-order valence-corrected chi connectivity index (χ3v) is 6.76. The molecule has 1 saturated carbocycles. The van der Waals surface area contributed by atoms with Gasteiger partial charge in [-0.3, -0.25) is 10.1 Å². The number of rotatable bonds is 6. The molecule has 0 unspecified atom stereocenters. The second-order valence-corrected chi connectivity index (χ2v) is 9.21. The van der Waals surface area contributed by atoms with Gasteiger partial charge in [0.05, 0.1) is 4.92 Å². The van der Waals surface area contributed by atoms with Gasteiger partial charge in [-0.05, 0) is 62.8 Å². The number of benzene rings is 1. The molecule has 0 N–H and O–H groups in total. The van der Waals surface area contributed by atoms with Crippen molar-refractivity contribution in [2.45, 2.75) is 44.4 Å². The van der Waals surface area contributed by atoms with Crippen molar-refractivity contribution in [1.29, 1.82) is 0 Å². The van der Waals surface area contributed by atoms with Crippen molar-refractivity contribution in [3.05, 3.63) is 57.8 Å². The van der Waals surface area contributed by atoms with E-state index in [9.17, 15) is 23.3 Å². The highest BCUT2D eigenvalue weighted by molar-refractivity contribution is 5.48. The van der Waals surface area contributed by atoms with Crippen LogP contribution in [0, 0.1) is 16.0 Å². The number of anilines is 1. The third-order valence-electron chi connectivity index (χ3n) is 6.76. The molecule has 0 radical (unpaired) electrons. The summed E-state index contributed by atoms with van der Waals surface area (Å²) in [6.07, 6.45) is 0.729. The fraction of sp³-hybridized carbons (Fsp3) is 0.542. The predicted octanol–water partition coefficient (Wildman–Crippen LogP) is 4.94. The van der Waals surface area contributed by atoms with Crippen LogP contribution in [0.2, 0.25) is 0 Å². The van der Waals surface area contributed by atoms with Crippen molar-refractivity contribution in [2.24, 2.45) is 5.92 Å². The van der Waals surface area contributed by atoms with Crippen molar-refractivity contribution in [3.8, 4) is 5.88 Å². The number of pyridine rings is 1. The van der Waals surface area contributed by atoms with E-state index in [1.54, 1.807) is 6.20 Å². The topological polar surface area (TPSA) is 71.7 Å². The van der Waals surface area contributed by atoms with E-state index in [4.69, 9.17) is 4.74 Å². The highest BCUT2D eigenvalue weighted by Gasteiger charge is 2.38. The maximum atomic E-state index is 13.3. The molecule has 1 aromatic carbocycles. The lowest BCUT2D eigenvalue weighted by Gasteiger charge is -2.34. The summed E-state index contributed by atoms with van der Waals surface area (Å²) in [5.74, 6) is 0.817. The maximum absolute atomic E-state index is 13.3. The van der Waals surface area contributed by atoms with Crippen LogP contribution in [-0.2, 0) is 12.6 Å². The highest BCUT2D eigenvalue weighted by Crippen LogP contribution is 2.38. The molecule has 1 aliphatic heterocycles. The Morgan fingerprint density at radius 3 is 2.44 bits per heavy atom. The Bertz CT molecular complexity index is 1000. The zero-order valence-corrected chi connectivity index (χ0v) is 19.1. The minimum Gasteiger partial charge on any atom is -0.474 e. The standard InChI is InChI=1S/C24H29F3N4O3/c1-29-10-12-30(13-11-29)19-8-9-28-23(16-19)34-20-5-2-17(3-6-20)14-18-4-7-22(31(32)33)21(15-18)24(25,26)27/h4,7-9,15-17,20H,2-3,5-6,10-14H2,1H3. The molecule has 2 fully saturated rings. The average Bonchev–Trinajstić information content (AvgIpc) is 2.80. The number of likely N-dealkylation sites (N-methyl/N-ethyl adjacent to an activating group) is 1. The number of ether oxygens (including phenoxy) is 1. The smallest absolute Gasteiger partial charge is 0.423 e. The molecule has 1 aromatic heterocycles. The van der Waals surface area contributed by atoms with Gasteiger partial charge in [-0.2, -0.15) is 13.2 Å². The van der Waals surface area contributed by atoms with Crippen molar-refractivity contribution in [1.82, 2.24) is 9.88 Å². The van der Waals surface area contributed by atoms with E-state index in [2.05, 4.69) is 21.8 Å². The Morgan fingerprint density at radius 2 is 1.79 bits per heavy atom. The first-order chi connectivity index (χ1) is 16.2. The lowest BCUT2D eigenvalue weighted by Crippen LogP contribution is -2.44. The first-order valence-electron chi connectivity index (χ1n) is 11.6. The fourth-order valence-electron chi connectivity index (χ4n) is 4.78. The number of aromatic nitrogens is 1. The van der Waals surface area contributed by atoms with E-state index in [0.717, 1.165) is 69.7 Å². The van der Waals surface area contributed by atoms with Crippen LogP contribution in [0.3, 0.4) is 0 Å². The van der Waals surface area contributed by atoms with Crippen LogP contribution < -0.4 is 9.64 Å². The second kappa shape index (κ2) is 10.2. The Hall–Kier alpha value is -2.88. The molecule has 0 atom stereocenters. The summed E-state index contributed by atoms with van der Waals surface area (Å²) in [6.45, 7) is 3.96. The number of halogens is 3. The SMILES string of the molecule is CN1CCN(c2ccnc(OC3CCC(Cc4ccc([N+](=O)[O-])c(C(F)(F)F)c4)CC3)c2)CC1. The number of hydrogen-bond donors (Lipinski definition) is 0. The molecule has 0 amide bonds. The molecule has 10 heteroatoms. The molecule has 1 saturated heterocycles. The fourth-order valence-corrected chi connectivity index (χ4v) is 4.78. The van der Waals surface area contributed by atoms with Gasteiger partial charge in [0.25, 0.3) is 5.69 Å². The van der Waals surface area contributed by atoms with E-state index in [1.807, 2.05) is 12.1 Å². The third kappa shape index (κ3) is 5.97. The summed E-state index contributed by atoms with van der Waals surface area (Å²) in [6, 6.07) is 7.30. The number of piperazine rings is 1. The van der Waals surface area contributed by atoms with Crippen LogP contribution in [0.1, 0.15) is 36.8 Å². The molecule has 0 spiro atoms. The summed E-state index contributed by atoms with van der Waals surface area (Å²) in [5.41, 5.74) is -0.507. The first kappa shape index (κ1) is 24.3. The van der Waals surface area contributed by atoms with Crippen LogP contribution in [-0.4, -0.2) is 54.1 Å². The number of nitrogens with zero attached hydrogens (tertiary/aromatic N) is 4. The number of nitro groups is 1. The van der Waals surface area contributed by atoms with Crippen LogP contribution in [0.25, 0.3) is 0 Å². The monoisotopic (exact) mass is 478 g/mol. The average molecular weight is 479 g/mol. The van der Waals surface area contributed by atoms with Crippen LogP contribution in [0.4, 0.5) is 24.5 Å². The van der Waals surface area contributed by atoms with Crippen molar-refractivity contribution in [3.63, 3.8) is 0 Å². The lowest BCUT2D eigenvalue weighted by atomic mass is 9.83. The Kier molecular flexibility index (Phi) is 7.25. The Labute approximate surface area is 196 Å². The van der Waals surface area contributed by atoms with Gasteiger partial charge in [0, 0.05) is 50.2 Å². The molecular formula is C24H29F3N4O3. The van der Waals surface area contributed by atoms with Gasteiger partial charge in [-0.25, -0.2) is 4.98 Å². The van der Waals surface area contributed by atoms with Gasteiger partial charge in [0.2, 0.25) is 5.88 Å². The highest BCUT2D eigenvalue weighted by atomic mass is 19.4. The number of alkyl halides is 3. The molecule has 2 heterocycles. The molecule has 0 bridgehead atoms. The Morgan fingerprint density at radius 1 is 1.09 bits per heavy atom. The maximum Gasteiger partial charge on any atom is 0.423 e. The number of hydrogen-bond acceptors (Lipinski definition) is 6. The quantitative estimate of drug-likeness (QED) is 0.433. The van der Waals surface area contributed by atoms with Crippen LogP contribution >= 0.6 is 0 Å². The van der Waals surface area contributed by atoms with E-state index in [0.29, 0.717) is 17.9 Å². The van der Waals surface area contributed by atoms with Crippen LogP contribution in [0.5, 0.6) is 5.88 Å². The van der Waals surface area contributed by atoms with E-state index < -0.39 is 22.4 Å². The molecule has 4 rings (SSSR count). The molecule has 7 nitrogen and oxygen atoms in total. The lowest BCUT2D eigenvalue weighted by molar-refractivity contribution is -0.388. The minimum atomic E-state index is -4.75. The van der Waals surface area contributed by atoms with Gasteiger partial charge >= 0.3 is 6.18 Å². The van der Waals surface area contributed by atoms with E-state index >= 15 is 0 Å². The zero-order valence-electron chi connectivity index (χ0n) is 19.1. The Balaban J connectivity index is 1.32. The van der Waals surface area contributed by atoms with Gasteiger partial charge in [0.15, 0.2) is 0 Å². The van der Waals surface area contributed by atoms with E-state index in [1.165, 1.54) is 6.07 Å². The number of nitro benzene ring substituents is 1.